The van der Waals surface area contributed by atoms with Crippen molar-refractivity contribution >= 4 is 21.5 Å². The number of hydrogen-bond acceptors (Lipinski definition) is 4. The van der Waals surface area contributed by atoms with Crippen LogP contribution in [0.25, 0.3) is 66.8 Å². The third-order valence-electron chi connectivity index (χ3n) is 12.9. The van der Waals surface area contributed by atoms with Crippen molar-refractivity contribution < 1.29 is 0 Å². The molecule has 2 fully saturated rings. The molecule has 2 atom stereocenters. The van der Waals surface area contributed by atoms with Crippen LogP contribution in [0, 0.1) is 23.2 Å². The van der Waals surface area contributed by atoms with Gasteiger partial charge in [0.2, 0.25) is 0 Å². The Kier molecular flexibility index (Phi) is 9.15. The van der Waals surface area contributed by atoms with Crippen LogP contribution in [0.2, 0.25) is 0 Å². The Morgan fingerprint density at radius 2 is 1.04 bits per heavy atom. The molecule has 276 valence electrons. The molecule has 0 spiro atoms. The minimum Gasteiger partial charge on any atom is -0.208 e. The molecule has 2 aliphatic carbocycles. The Bertz CT molecular complexity index is 2640. The molecule has 4 nitrogen and oxygen atoms in total. The van der Waals surface area contributed by atoms with Gasteiger partial charge in [0, 0.05) is 16.7 Å². The highest BCUT2D eigenvalue weighted by Gasteiger charge is 2.43. The van der Waals surface area contributed by atoms with E-state index in [1.807, 2.05) is 12.1 Å². The molecule has 0 amide bonds. The van der Waals surface area contributed by atoms with E-state index in [0.717, 1.165) is 68.5 Å². The normalized spacial score (nSPS) is 19.0. The summed E-state index contributed by atoms with van der Waals surface area (Å²) in [4.78, 5) is 15.5. The predicted octanol–water partition coefficient (Wildman–Crippen LogP) is 13.2. The molecule has 10 rings (SSSR count). The van der Waals surface area contributed by atoms with E-state index in [0.29, 0.717) is 23.0 Å². The summed E-state index contributed by atoms with van der Waals surface area (Å²) in [5, 5.41) is 13.8. The number of aromatic nitrogens is 3. The summed E-state index contributed by atoms with van der Waals surface area (Å²) in [5.41, 5.74) is 9.05. The highest BCUT2D eigenvalue weighted by Crippen LogP contribution is 2.52. The molecule has 0 radical (unpaired) electrons. The van der Waals surface area contributed by atoms with E-state index in [1.54, 1.807) is 0 Å². The Morgan fingerprint density at radius 1 is 0.526 bits per heavy atom. The van der Waals surface area contributed by atoms with Gasteiger partial charge in [-0.2, -0.15) is 5.26 Å². The second-order valence-electron chi connectivity index (χ2n) is 16.4. The van der Waals surface area contributed by atoms with Gasteiger partial charge in [-0.3, -0.25) is 0 Å². The van der Waals surface area contributed by atoms with Crippen molar-refractivity contribution in [1.82, 2.24) is 15.0 Å². The van der Waals surface area contributed by atoms with Crippen LogP contribution in [0.1, 0.15) is 61.6 Å². The molecule has 2 saturated carbocycles. The van der Waals surface area contributed by atoms with Gasteiger partial charge in [0.15, 0.2) is 17.5 Å². The lowest BCUT2D eigenvalue weighted by Crippen LogP contribution is -2.39. The zero-order chi connectivity index (χ0) is 38.2. The van der Waals surface area contributed by atoms with E-state index in [2.05, 4.69) is 152 Å². The lowest BCUT2D eigenvalue weighted by Gasteiger charge is -2.48. The van der Waals surface area contributed by atoms with Gasteiger partial charge in [-0.25, -0.2) is 15.0 Å². The lowest BCUT2D eigenvalue weighted by molar-refractivity contribution is 0.103. The van der Waals surface area contributed by atoms with E-state index < -0.39 is 0 Å². The van der Waals surface area contributed by atoms with E-state index in [-0.39, 0.29) is 5.41 Å². The minimum absolute atomic E-state index is 0.171. The molecule has 0 N–H and O–H groups in total. The zero-order valence-corrected chi connectivity index (χ0v) is 32.1. The minimum atomic E-state index is 0.171. The van der Waals surface area contributed by atoms with Gasteiger partial charge in [-0.05, 0) is 105 Å². The molecular weight excluding hydrogens is 693 g/mol. The molecule has 0 saturated heterocycles. The van der Waals surface area contributed by atoms with E-state index >= 15 is 0 Å². The molecule has 0 aliphatic heterocycles. The SMILES string of the molecule is N#Cc1ccc(-c2ccc(C3(CCc4ccc(-c5nc(-c6cccc7ccccc67)nc(-c6cccc7ccccc67)n5)cc4)CC4CCCC(C4)C3)cc2)cc1. The van der Waals surface area contributed by atoms with Gasteiger partial charge in [0.25, 0.3) is 0 Å². The molecule has 1 heterocycles. The quantitative estimate of drug-likeness (QED) is 0.156. The average Bonchev–Trinajstić information content (AvgIpc) is 3.28. The fourth-order valence-electron chi connectivity index (χ4n) is 10.1. The molecule has 1 aromatic heterocycles. The zero-order valence-electron chi connectivity index (χ0n) is 32.1. The first-order chi connectivity index (χ1) is 28.1. The summed E-state index contributed by atoms with van der Waals surface area (Å²) < 4.78 is 0. The molecule has 2 aliphatic rings. The predicted molar refractivity (Wildman–Crippen MR) is 232 cm³/mol. The molecule has 8 aromatic rings. The number of hydrogen-bond donors (Lipinski definition) is 0. The molecular formula is C53H44N4. The molecule has 57 heavy (non-hydrogen) atoms. The summed E-state index contributed by atoms with van der Waals surface area (Å²) >= 11 is 0. The highest BCUT2D eigenvalue weighted by molar-refractivity contribution is 5.97. The van der Waals surface area contributed by atoms with Crippen LogP contribution in [-0.2, 0) is 11.8 Å². The van der Waals surface area contributed by atoms with E-state index in [4.69, 9.17) is 15.0 Å². The number of fused-ring (bicyclic) bond motifs is 4. The number of aryl methyl sites for hydroxylation is 1. The van der Waals surface area contributed by atoms with Crippen molar-refractivity contribution in [3.8, 4) is 51.4 Å². The van der Waals surface area contributed by atoms with E-state index in [1.165, 1.54) is 55.2 Å². The first-order valence-electron chi connectivity index (χ1n) is 20.5. The first kappa shape index (κ1) is 35.0. The van der Waals surface area contributed by atoms with Gasteiger partial charge in [0.1, 0.15) is 0 Å². The van der Waals surface area contributed by atoms with Crippen LogP contribution in [0.5, 0.6) is 0 Å². The Morgan fingerprint density at radius 3 is 1.61 bits per heavy atom. The summed E-state index contributed by atoms with van der Waals surface area (Å²) in [7, 11) is 0. The summed E-state index contributed by atoms with van der Waals surface area (Å²) in [6.07, 6.45) is 10.2. The molecule has 4 heteroatoms. The number of nitrogens with zero attached hydrogens (tertiary/aromatic N) is 4. The average molecular weight is 737 g/mol. The first-order valence-corrected chi connectivity index (χ1v) is 20.5. The second kappa shape index (κ2) is 14.9. The van der Waals surface area contributed by atoms with Crippen molar-refractivity contribution in [3.63, 3.8) is 0 Å². The highest BCUT2D eigenvalue weighted by atomic mass is 15.0. The Hall–Kier alpha value is -6.44. The summed E-state index contributed by atoms with van der Waals surface area (Å²) in [5.74, 6) is 3.67. The van der Waals surface area contributed by atoms with Gasteiger partial charge >= 0.3 is 0 Å². The second-order valence-corrected chi connectivity index (χ2v) is 16.4. The standard InChI is InChI=1S/C53H44N4/c54-35-37-20-22-40(23-21-37)41-26-28-45(29-27-41)53(33-38-8-5-9-39(32-38)34-53)31-30-36-18-24-44(25-19-36)50-55-51(48-16-6-12-42-10-1-3-14-46(42)48)57-52(56-50)49-17-7-13-43-11-2-4-15-47(43)49/h1-4,6-7,10-29,38-39H,5,8-9,30-34H2. The number of nitriles is 1. The Labute approximate surface area is 334 Å². The molecule has 2 unspecified atom stereocenters. The van der Waals surface area contributed by atoms with Crippen LogP contribution < -0.4 is 0 Å². The molecule has 7 aromatic carbocycles. The monoisotopic (exact) mass is 736 g/mol. The maximum atomic E-state index is 9.27. The smallest absolute Gasteiger partial charge is 0.164 e. The number of benzene rings is 7. The van der Waals surface area contributed by atoms with Crippen molar-refractivity contribution in [3.05, 3.63) is 174 Å². The Balaban J connectivity index is 0.976. The number of rotatable bonds is 8. The van der Waals surface area contributed by atoms with Crippen molar-refractivity contribution in [1.29, 1.82) is 5.26 Å². The van der Waals surface area contributed by atoms with Crippen LogP contribution >= 0.6 is 0 Å². The van der Waals surface area contributed by atoms with Crippen LogP contribution in [0.3, 0.4) is 0 Å². The van der Waals surface area contributed by atoms with Crippen molar-refractivity contribution in [2.24, 2.45) is 11.8 Å². The lowest BCUT2D eigenvalue weighted by atomic mass is 9.57. The van der Waals surface area contributed by atoms with Gasteiger partial charge in [-0.15, -0.1) is 0 Å². The maximum Gasteiger partial charge on any atom is 0.164 e. The maximum absolute atomic E-state index is 9.27. The van der Waals surface area contributed by atoms with Gasteiger partial charge in [0.05, 0.1) is 11.6 Å². The van der Waals surface area contributed by atoms with Gasteiger partial charge in [-0.1, -0.05) is 165 Å². The van der Waals surface area contributed by atoms with E-state index in [9.17, 15) is 5.26 Å². The van der Waals surface area contributed by atoms with Crippen LogP contribution in [-0.4, -0.2) is 15.0 Å². The van der Waals surface area contributed by atoms with Crippen LogP contribution in [0.4, 0.5) is 0 Å². The van der Waals surface area contributed by atoms with Gasteiger partial charge < -0.3 is 0 Å². The third kappa shape index (κ3) is 6.89. The van der Waals surface area contributed by atoms with Crippen LogP contribution in [0.15, 0.2) is 158 Å². The van der Waals surface area contributed by atoms with Crippen molar-refractivity contribution in [2.75, 3.05) is 0 Å². The topological polar surface area (TPSA) is 62.5 Å². The summed E-state index contributed by atoms with van der Waals surface area (Å²) in [6, 6.07) is 58.1. The fourth-order valence-corrected chi connectivity index (χ4v) is 10.1. The van der Waals surface area contributed by atoms with Crippen molar-refractivity contribution in [2.45, 2.75) is 56.8 Å². The molecule has 2 bridgehead atoms. The third-order valence-corrected chi connectivity index (χ3v) is 12.9. The fraction of sp³-hybridized carbons (Fsp3) is 0.208. The summed E-state index contributed by atoms with van der Waals surface area (Å²) in [6.45, 7) is 0. The largest absolute Gasteiger partial charge is 0.208 e.